The molecule has 1 amide bonds. The molecule has 0 saturated carbocycles. The molecule has 0 radical (unpaired) electrons. The molecule has 1 unspecified atom stereocenters. The number of aromatic nitrogens is 1. The van der Waals surface area contributed by atoms with E-state index in [0.717, 1.165) is 11.3 Å². The summed E-state index contributed by atoms with van der Waals surface area (Å²) in [6, 6.07) is 13.0. The molecule has 118 valence electrons. The quantitative estimate of drug-likeness (QED) is 0.757. The second-order valence-electron chi connectivity index (χ2n) is 4.96. The normalized spacial score (nSPS) is 11.1. The van der Waals surface area contributed by atoms with E-state index < -0.39 is 0 Å². The minimum atomic E-state index is -0.292. The Morgan fingerprint density at radius 1 is 1.09 bits per heavy atom. The summed E-state index contributed by atoms with van der Waals surface area (Å²) >= 11 is 0. The number of anilines is 2. The molecule has 1 atom stereocenters. The van der Waals surface area contributed by atoms with Crippen LogP contribution in [-0.2, 0) is 4.79 Å². The van der Waals surface area contributed by atoms with Crippen LogP contribution in [0.1, 0.15) is 18.2 Å². The van der Waals surface area contributed by atoms with Crippen molar-refractivity contribution < 1.29 is 4.79 Å². The molecule has 3 N–H and O–H groups in total. The molecule has 1 aromatic carbocycles. The Balaban J connectivity index is 2.26. The number of carbonyl (C=O) groups is 1. The maximum Gasteiger partial charge on any atom is 0.242 e. The van der Waals surface area contributed by atoms with Crippen molar-refractivity contribution in [3.05, 3.63) is 53.7 Å². The topological polar surface area (TPSA) is 66.0 Å². The number of hydrogen-bond acceptors (Lipinski definition) is 4. The van der Waals surface area contributed by atoms with Gasteiger partial charge < -0.3 is 16.0 Å². The number of likely N-dealkylation sites (N-methyl/N-ethyl adjacent to an activating group) is 1. The van der Waals surface area contributed by atoms with E-state index >= 15 is 0 Å². The molecule has 0 saturated heterocycles. The molecule has 0 aliphatic heterocycles. The summed E-state index contributed by atoms with van der Waals surface area (Å²) in [5.41, 5.74) is 2.31. The van der Waals surface area contributed by atoms with Crippen LogP contribution < -0.4 is 16.0 Å². The molecule has 23 heavy (non-hydrogen) atoms. The van der Waals surface area contributed by atoms with Gasteiger partial charge in [0.05, 0.1) is 11.7 Å². The smallest absolute Gasteiger partial charge is 0.242 e. The third kappa shape index (κ3) is 4.56. The molecule has 2 aromatic rings. The van der Waals surface area contributed by atoms with Gasteiger partial charge >= 0.3 is 0 Å². The second kappa shape index (κ2) is 7.97. The lowest BCUT2D eigenvalue weighted by Gasteiger charge is -2.11. The summed E-state index contributed by atoms with van der Waals surface area (Å²) in [5, 5.41) is 8.72. The van der Waals surface area contributed by atoms with E-state index in [9.17, 15) is 4.79 Å². The minimum absolute atomic E-state index is 0.140. The zero-order chi connectivity index (χ0) is 16.7. The van der Waals surface area contributed by atoms with Crippen molar-refractivity contribution in [3.63, 3.8) is 0 Å². The number of carbonyl (C=O) groups excluding carboxylic acids is 1. The standard InChI is InChI=1S/C18H20N4O/c1-13(19-2)18(23)22-17-12-11-15(20-3)16(21-17)10-9-14-7-5-4-6-8-14/h4-8,11-13,19-20H,1-3H3,(H,21,22,23). The van der Waals surface area contributed by atoms with Crippen molar-refractivity contribution in [2.45, 2.75) is 13.0 Å². The van der Waals surface area contributed by atoms with Gasteiger partial charge in [-0.1, -0.05) is 24.1 Å². The van der Waals surface area contributed by atoms with Crippen molar-refractivity contribution in [2.75, 3.05) is 24.7 Å². The summed E-state index contributed by atoms with van der Waals surface area (Å²) in [7, 11) is 3.55. The van der Waals surface area contributed by atoms with Gasteiger partial charge in [0.25, 0.3) is 0 Å². The number of amides is 1. The first kappa shape index (κ1) is 16.5. The highest BCUT2D eigenvalue weighted by atomic mass is 16.2. The zero-order valence-electron chi connectivity index (χ0n) is 13.5. The predicted molar refractivity (Wildman–Crippen MR) is 93.4 cm³/mol. The van der Waals surface area contributed by atoms with E-state index in [4.69, 9.17) is 0 Å². The van der Waals surface area contributed by atoms with Crippen molar-refractivity contribution in [1.29, 1.82) is 0 Å². The average molecular weight is 308 g/mol. The fourth-order valence-electron chi connectivity index (χ4n) is 1.84. The largest absolute Gasteiger partial charge is 0.386 e. The zero-order valence-corrected chi connectivity index (χ0v) is 13.5. The second-order valence-corrected chi connectivity index (χ2v) is 4.96. The average Bonchev–Trinajstić information content (AvgIpc) is 2.60. The Labute approximate surface area is 136 Å². The van der Waals surface area contributed by atoms with Crippen molar-refractivity contribution >= 4 is 17.4 Å². The number of rotatable bonds is 4. The predicted octanol–water partition coefficient (Wildman–Crippen LogP) is 2.07. The molecule has 0 aliphatic rings. The SMILES string of the molecule is CNc1ccc(NC(=O)C(C)NC)nc1C#Cc1ccccc1. The summed E-state index contributed by atoms with van der Waals surface area (Å²) in [6.07, 6.45) is 0. The fraction of sp³-hybridized carbons (Fsp3) is 0.222. The van der Waals surface area contributed by atoms with Gasteiger partial charge in [-0.2, -0.15) is 0 Å². The van der Waals surface area contributed by atoms with Crippen molar-refractivity contribution in [2.24, 2.45) is 0 Å². The Kier molecular flexibility index (Phi) is 5.73. The number of hydrogen-bond donors (Lipinski definition) is 3. The van der Waals surface area contributed by atoms with E-state index in [0.29, 0.717) is 11.5 Å². The minimum Gasteiger partial charge on any atom is -0.386 e. The molecular formula is C18H20N4O. The maximum absolute atomic E-state index is 11.9. The van der Waals surface area contributed by atoms with Crippen LogP contribution in [0.25, 0.3) is 0 Å². The Morgan fingerprint density at radius 3 is 2.48 bits per heavy atom. The number of benzene rings is 1. The fourth-order valence-corrected chi connectivity index (χ4v) is 1.84. The van der Waals surface area contributed by atoms with Crippen LogP contribution in [0.3, 0.4) is 0 Å². The van der Waals surface area contributed by atoms with E-state index in [-0.39, 0.29) is 11.9 Å². The van der Waals surface area contributed by atoms with Crippen LogP contribution in [-0.4, -0.2) is 31.0 Å². The highest BCUT2D eigenvalue weighted by Crippen LogP contribution is 2.15. The third-order valence-electron chi connectivity index (χ3n) is 3.34. The Morgan fingerprint density at radius 2 is 1.83 bits per heavy atom. The molecule has 0 fully saturated rings. The Hall–Kier alpha value is -2.84. The summed E-state index contributed by atoms with van der Waals surface area (Å²) in [6.45, 7) is 1.79. The molecule has 5 heteroatoms. The van der Waals surface area contributed by atoms with Gasteiger partial charge in [0.1, 0.15) is 11.5 Å². The van der Waals surface area contributed by atoms with Crippen LogP contribution in [0.5, 0.6) is 0 Å². The maximum atomic E-state index is 11.9. The first-order valence-corrected chi connectivity index (χ1v) is 7.38. The van der Waals surface area contributed by atoms with Crippen LogP contribution in [0.2, 0.25) is 0 Å². The number of nitrogens with one attached hydrogen (secondary N) is 3. The molecule has 5 nitrogen and oxygen atoms in total. The van der Waals surface area contributed by atoms with Gasteiger partial charge in [-0.25, -0.2) is 4.98 Å². The van der Waals surface area contributed by atoms with E-state index in [1.54, 1.807) is 20.0 Å². The van der Waals surface area contributed by atoms with Gasteiger partial charge in [0.15, 0.2) is 0 Å². The van der Waals surface area contributed by atoms with Gasteiger partial charge in [-0.3, -0.25) is 4.79 Å². The highest BCUT2D eigenvalue weighted by Gasteiger charge is 2.11. The van der Waals surface area contributed by atoms with Crippen LogP contribution in [0.15, 0.2) is 42.5 Å². The summed E-state index contributed by atoms with van der Waals surface area (Å²) < 4.78 is 0. The Bertz CT molecular complexity index is 732. The molecule has 1 heterocycles. The molecule has 0 aliphatic carbocycles. The van der Waals surface area contributed by atoms with Crippen molar-refractivity contribution in [3.8, 4) is 11.8 Å². The van der Waals surface area contributed by atoms with Gasteiger partial charge in [0.2, 0.25) is 5.91 Å². The highest BCUT2D eigenvalue weighted by molar-refractivity contribution is 5.93. The summed E-state index contributed by atoms with van der Waals surface area (Å²) in [5.74, 6) is 6.46. The van der Waals surface area contributed by atoms with Crippen LogP contribution in [0, 0.1) is 11.8 Å². The molecule has 2 rings (SSSR count). The van der Waals surface area contributed by atoms with E-state index in [2.05, 4.69) is 32.8 Å². The summed E-state index contributed by atoms with van der Waals surface area (Å²) in [4.78, 5) is 16.3. The molecule has 1 aromatic heterocycles. The first-order valence-electron chi connectivity index (χ1n) is 7.38. The lowest BCUT2D eigenvalue weighted by Crippen LogP contribution is -2.35. The first-order chi connectivity index (χ1) is 11.1. The lowest BCUT2D eigenvalue weighted by molar-refractivity contribution is -0.117. The van der Waals surface area contributed by atoms with Crippen LogP contribution >= 0.6 is 0 Å². The molecule has 0 bridgehead atoms. The van der Waals surface area contributed by atoms with E-state index in [1.165, 1.54) is 0 Å². The number of nitrogens with zero attached hydrogens (tertiary/aromatic N) is 1. The van der Waals surface area contributed by atoms with Crippen molar-refractivity contribution in [1.82, 2.24) is 10.3 Å². The third-order valence-corrected chi connectivity index (χ3v) is 3.34. The lowest BCUT2D eigenvalue weighted by atomic mass is 10.2. The van der Waals surface area contributed by atoms with Gasteiger partial charge in [0, 0.05) is 12.6 Å². The van der Waals surface area contributed by atoms with Gasteiger partial charge in [-0.15, -0.1) is 0 Å². The molecular weight excluding hydrogens is 288 g/mol. The molecule has 0 spiro atoms. The van der Waals surface area contributed by atoms with Crippen LogP contribution in [0.4, 0.5) is 11.5 Å². The number of pyridine rings is 1. The van der Waals surface area contributed by atoms with E-state index in [1.807, 2.05) is 43.4 Å². The van der Waals surface area contributed by atoms with Gasteiger partial charge in [-0.05, 0) is 44.2 Å². The monoisotopic (exact) mass is 308 g/mol.